The van der Waals surface area contributed by atoms with Crippen LogP contribution in [0.1, 0.15) is 20.8 Å². The van der Waals surface area contributed by atoms with Crippen molar-refractivity contribution in [1.29, 1.82) is 0 Å². The number of nitrogens with one attached hydrogen (secondary N) is 1. The van der Waals surface area contributed by atoms with E-state index in [0.29, 0.717) is 12.1 Å². The Kier molecular flexibility index (Phi) is 5.78. The van der Waals surface area contributed by atoms with Gasteiger partial charge in [-0.05, 0) is 0 Å². The van der Waals surface area contributed by atoms with Gasteiger partial charge in [-0.25, -0.2) is 0 Å². The Bertz CT molecular complexity index is 896. The molecule has 1 aromatic carbocycles. The van der Waals surface area contributed by atoms with E-state index < -0.39 is 21.7 Å². The molecule has 1 N–H and O–H groups in total. The van der Waals surface area contributed by atoms with Gasteiger partial charge in [0, 0.05) is 0 Å². The fourth-order valence-corrected chi connectivity index (χ4v) is 5.74. The first-order valence-electron chi connectivity index (χ1n) is 7.60. The molecule has 1 amide bonds. The molecule has 0 fully saturated rings. The predicted octanol–water partition coefficient (Wildman–Crippen LogP) is 1.39. The van der Waals surface area contributed by atoms with Crippen molar-refractivity contribution >= 4 is 53.7 Å². The zero-order valence-corrected chi connectivity index (χ0v) is 16.4. The number of benzene rings is 1. The molecule has 2 aromatic heterocycles. The number of hydrogen-bond donors (Lipinski definition) is 1. The van der Waals surface area contributed by atoms with E-state index in [1.165, 1.54) is 51.5 Å². The number of amides is 1. The molecule has 1 atom stereocenters. The van der Waals surface area contributed by atoms with Crippen LogP contribution in [0.3, 0.4) is 0 Å². The summed E-state index contributed by atoms with van der Waals surface area (Å²) in [5.41, 5.74) is 0.605. The molecule has 6 nitrogen and oxygen atoms in total. The molecular weight excluding hydrogens is 401 g/mol. The number of fused-ring (bicyclic) bond motifs is 1. The number of rotatable bonds is 6. The van der Waals surface area contributed by atoms with Crippen molar-refractivity contribution in [3.63, 3.8) is 0 Å². The van der Waals surface area contributed by atoms with Gasteiger partial charge in [0.1, 0.15) is 0 Å². The second kappa shape index (κ2) is 8.23. The fourth-order valence-electron chi connectivity index (χ4n) is 2.23. The van der Waals surface area contributed by atoms with Crippen molar-refractivity contribution in [3.05, 3.63) is 53.9 Å². The first-order valence-corrected chi connectivity index (χ1v) is 10.9. The Labute approximate surface area is 155 Å². The van der Waals surface area contributed by atoms with Crippen molar-refractivity contribution in [2.75, 3.05) is 13.7 Å². The van der Waals surface area contributed by atoms with Crippen molar-refractivity contribution in [3.8, 4) is 0 Å². The fraction of sp³-hybridized carbons (Fsp3) is 0.176. The van der Waals surface area contributed by atoms with E-state index in [-0.39, 0.29) is 11.6 Å². The molecule has 0 spiro atoms. The molecule has 8 heteroatoms. The van der Waals surface area contributed by atoms with E-state index in [1.807, 2.05) is 12.1 Å². The first kappa shape index (κ1) is 17.6. The van der Waals surface area contributed by atoms with Gasteiger partial charge in [-0.2, -0.15) is 0 Å². The summed E-state index contributed by atoms with van der Waals surface area (Å²) in [6.45, 7) is 0.588. The second-order valence-electron chi connectivity index (χ2n) is 5.13. The summed E-state index contributed by atoms with van der Waals surface area (Å²) in [7, 11) is 1.30. The van der Waals surface area contributed by atoms with Crippen molar-refractivity contribution < 1.29 is 14.3 Å². The average Bonchev–Trinajstić information content (AvgIpc) is 3.07. The van der Waals surface area contributed by atoms with Crippen LogP contribution in [0.25, 0.3) is 10.1 Å². The van der Waals surface area contributed by atoms with Crippen LogP contribution < -0.4 is 9.80 Å². The third-order valence-corrected chi connectivity index (χ3v) is 7.22. The summed E-state index contributed by atoms with van der Waals surface area (Å²) in [6.07, 6.45) is 1.34. The van der Waals surface area contributed by atoms with E-state index >= 15 is 0 Å². The standard InChI is InChI=1S/C17H16AsN3O3S/c1-24-17(23)11-6-7-13(20-10-11)16(22)19-9-8-18-15-12-4-2-3-5-14(12)25-21-15/h2-7,10,18H,8-9H2,1H3,(H,19,22). The number of esters is 1. The van der Waals surface area contributed by atoms with Gasteiger partial charge in [0.05, 0.1) is 0 Å². The van der Waals surface area contributed by atoms with Crippen molar-refractivity contribution in [2.24, 2.45) is 0 Å². The molecule has 25 heavy (non-hydrogen) atoms. The zero-order chi connectivity index (χ0) is 17.6. The molecule has 0 aliphatic heterocycles. The molecule has 0 aliphatic carbocycles. The van der Waals surface area contributed by atoms with Gasteiger partial charge in [0.15, 0.2) is 0 Å². The summed E-state index contributed by atoms with van der Waals surface area (Å²) in [4.78, 5) is 27.4. The van der Waals surface area contributed by atoms with Crippen molar-refractivity contribution in [1.82, 2.24) is 14.7 Å². The van der Waals surface area contributed by atoms with E-state index in [1.54, 1.807) is 0 Å². The Balaban J connectivity index is 1.50. The zero-order valence-electron chi connectivity index (χ0n) is 13.5. The monoisotopic (exact) mass is 417 g/mol. The summed E-state index contributed by atoms with van der Waals surface area (Å²) >= 11 is 1.13. The van der Waals surface area contributed by atoms with E-state index in [9.17, 15) is 9.59 Å². The second-order valence-corrected chi connectivity index (χ2v) is 8.72. The Morgan fingerprint density at radius 2 is 2.08 bits per heavy atom. The predicted molar refractivity (Wildman–Crippen MR) is 99.1 cm³/mol. The van der Waals surface area contributed by atoms with Crippen LogP contribution in [0.15, 0.2) is 42.6 Å². The van der Waals surface area contributed by atoms with Crippen LogP contribution in [0, 0.1) is 0 Å². The van der Waals surface area contributed by atoms with Gasteiger partial charge in [-0.3, -0.25) is 0 Å². The van der Waals surface area contributed by atoms with Crippen LogP contribution in [-0.2, 0) is 4.74 Å². The van der Waals surface area contributed by atoms with Gasteiger partial charge in [-0.1, -0.05) is 0 Å². The summed E-state index contributed by atoms with van der Waals surface area (Å²) in [5, 5.41) is 5.01. The van der Waals surface area contributed by atoms with Gasteiger partial charge in [0.25, 0.3) is 0 Å². The molecule has 0 aliphatic rings. The average molecular weight is 417 g/mol. The normalized spacial score (nSPS) is 11.1. The van der Waals surface area contributed by atoms with Crippen LogP contribution in [0.4, 0.5) is 0 Å². The Hall–Kier alpha value is -2.24. The third kappa shape index (κ3) is 4.24. The van der Waals surface area contributed by atoms with Crippen LogP contribution >= 0.6 is 11.5 Å². The maximum absolute atomic E-state index is 12.1. The van der Waals surface area contributed by atoms with E-state index in [4.69, 9.17) is 0 Å². The minimum absolute atomic E-state index is 0.244. The van der Waals surface area contributed by atoms with Gasteiger partial charge in [-0.15, -0.1) is 0 Å². The number of carbonyl (C=O) groups excluding carboxylic acids is 2. The minimum atomic E-state index is -0.472. The van der Waals surface area contributed by atoms with E-state index in [0.717, 1.165) is 5.21 Å². The summed E-state index contributed by atoms with van der Waals surface area (Å²) in [5.74, 6) is -0.716. The first-order chi connectivity index (χ1) is 12.2. The molecule has 2 heterocycles. The summed E-state index contributed by atoms with van der Waals surface area (Å²) < 4.78 is 11.5. The molecule has 3 rings (SSSR count). The van der Waals surface area contributed by atoms with E-state index in [2.05, 4.69) is 31.5 Å². The third-order valence-electron chi connectivity index (χ3n) is 3.50. The van der Waals surface area contributed by atoms with Crippen molar-refractivity contribution in [2.45, 2.75) is 5.21 Å². The Morgan fingerprint density at radius 3 is 2.84 bits per heavy atom. The molecule has 0 saturated heterocycles. The van der Waals surface area contributed by atoms with Crippen LogP contribution in [0.5, 0.6) is 0 Å². The maximum atomic E-state index is 12.1. The van der Waals surface area contributed by atoms with Gasteiger partial charge in [0.2, 0.25) is 0 Å². The van der Waals surface area contributed by atoms with Crippen LogP contribution in [-0.4, -0.2) is 50.6 Å². The Morgan fingerprint density at radius 1 is 1.24 bits per heavy atom. The number of nitrogens with zero attached hydrogens (tertiary/aromatic N) is 2. The van der Waals surface area contributed by atoms with Gasteiger partial charge < -0.3 is 0 Å². The number of aromatic nitrogens is 2. The number of ether oxygens (including phenoxy) is 1. The molecular formula is C17H16AsN3O3S. The number of pyridine rings is 1. The molecule has 1 unspecified atom stereocenters. The topological polar surface area (TPSA) is 81.2 Å². The van der Waals surface area contributed by atoms with Crippen LogP contribution in [0.2, 0.25) is 5.21 Å². The van der Waals surface area contributed by atoms with Gasteiger partial charge >= 0.3 is 155 Å². The molecule has 128 valence electrons. The number of hydrogen-bond acceptors (Lipinski definition) is 6. The quantitative estimate of drug-likeness (QED) is 0.373. The molecule has 0 radical (unpaired) electrons. The molecule has 3 aromatic rings. The molecule has 0 bridgehead atoms. The number of carbonyl (C=O) groups is 2. The molecule has 0 saturated carbocycles. The number of methoxy groups -OCH3 is 1. The summed E-state index contributed by atoms with van der Waals surface area (Å²) in [6, 6.07) is 11.3. The SMILES string of the molecule is COC(=O)c1ccc(C(=O)NCC[AsH]c2nsc3ccccc23)nc1.